The topological polar surface area (TPSA) is 25.8 Å². The number of benzene rings is 3. The molecule has 38 heavy (non-hydrogen) atoms. The lowest BCUT2D eigenvalue weighted by Gasteiger charge is -2.09. The number of hydrogen-bond acceptors (Lipinski definition) is 2. The molecule has 0 N–H and O–H groups in total. The quantitative estimate of drug-likeness (QED) is 0.131. The van der Waals surface area contributed by atoms with Crippen LogP contribution in [0.15, 0.2) is 84.9 Å². The molecule has 0 spiro atoms. The van der Waals surface area contributed by atoms with Gasteiger partial charge < -0.3 is 0 Å². The van der Waals surface area contributed by atoms with Crippen molar-refractivity contribution in [2.75, 3.05) is 0 Å². The van der Waals surface area contributed by atoms with Gasteiger partial charge in [-0.05, 0) is 36.4 Å². The van der Waals surface area contributed by atoms with Crippen LogP contribution in [0.25, 0.3) is 44.3 Å². The fraction of sp³-hybridized carbons (Fsp3) is 0.176. The summed E-state index contributed by atoms with van der Waals surface area (Å²) in [5.41, 5.74) is 14.8. The molecule has 2 nitrogen and oxygen atoms in total. The van der Waals surface area contributed by atoms with E-state index in [9.17, 15) is 0 Å². The lowest BCUT2D eigenvalue weighted by Crippen LogP contribution is -2.16. The molecular formula is C34H32N2Si2. The molecule has 0 aliphatic carbocycles. The Morgan fingerprint density at radius 2 is 0.789 bits per heavy atom. The van der Waals surface area contributed by atoms with E-state index in [1.165, 1.54) is 0 Å². The van der Waals surface area contributed by atoms with Crippen LogP contribution in [0.4, 0.5) is 0 Å². The molecule has 3 aromatic carbocycles. The van der Waals surface area contributed by atoms with Gasteiger partial charge >= 0.3 is 0 Å². The van der Waals surface area contributed by atoms with Crippen molar-refractivity contribution in [3.05, 3.63) is 96.1 Å². The summed E-state index contributed by atoms with van der Waals surface area (Å²) in [6.45, 7) is 13.6. The van der Waals surface area contributed by atoms with E-state index in [4.69, 9.17) is 9.97 Å². The monoisotopic (exact) mass is 524 g/mol. The van der Waals surface area contributed by atoms with E-state index in [0.717, 1.165) is 55.4 Å². The van der Waals surface area contributed by atoms with Crippen molar-refractivity contribution in [3.63, 3.8) is 0 Å². The lowest BCUT2D eigenvalue weighted by atomic mass is 10.0. The molecule has 186 valence electrons. The molecule has 2 heterocycles. The molecule has 0 amide bonds. The molecule has 5 aromatic rings. The summed E-state index contributed by atoms with van der Waals surface area (Å²) in [5.74, 6) is 6.66. The molecule has 0 aliphatic heterocycles. The standard InChI is InChI=1S/C34H32N2Si2/c1-37(2,3)23-21-25-7-11-27(12-8-25)31-19-17-29-15-16-30-18-20-32(36-34(30)33(29)35-31)28-13-9-26(10-14-28)22-24-38(4,5)6/h7-20H,1-6H3. The molecule has 5 rings (SSSR count). The van der Waals surface area contributed by atoms with Gasteiger partial charge in [-0.25, -0.2) is 9.97 Å². The summed E-state index contributed by atoms with van der Waals surface area (Å²) < 4.78 is 0. The third kappa shape index (κ3) is 6.11. The van der Waals surface area contributed by atoms with Gasteiger partial charge in [0.25, 0.3) is 0 Å². The molecule has 0 bridgehead atoms. The maximum absolute atomic E-state index is 5.08. The Labute approximate surface area is 228 Å². The van der Waals surface area contributed by atoms with E-state index in [1.54, 1.807) is 0 Å². The third-order valence-corrected chi connectivity index (χ3v) is 7.79. The number of aromatic nitrogens is 2. The van der Waals surface area contributed by atoms with Gasteiger partial charge in [0.15, 0.2) is 0 Å². The molecule has 0 saturated carbocycles. The van der Waals surface area contributed by atoms with Crippen LogP contribution in [0, 0.1) is 22.9 Å². The first kappa shape index (κ1) is 25.7. The first-order chi connectivity index (χ1) is 18.0. The molecular weight excluding hydrogens is 493 g/mol. The van der Waals surface area contributed by atoms with Crippen molar-refractivity contribution < 1.29 is 0 Å². The third-order valence-electron chi connectivity index (χ3n) is 6.04. The summed E-state index contributed by atoms with van der Waals surface area (Å²) in [7, 11) is -2.80. The van der Waals surface area contributed by atoms with Crippen LogP contribution >= 0.6 is 0 Å². The van der Waals surface area contributed by atoms with E-state index in [0.29, 0.717) is 0 Å². The van der Waals surface area contributed by atoms with Crippen molar-refractivity contribution in [2.24, 2.45) is 0 Å². The van der Waals surface area contributed by atoms with Crippen LogP contribution in [-0.4, -0.2) is 26.1 Å². The molecule has 2 aromatic heterocycles. The van der Waals surface area contributed by atoms with Crippen molar-refractivity contribution in [1.82, 2.24) is 9.97 Å². The molecule has 0 unspecified atom stereocenters. The van der Waals surface area contributed by atoms with Crippen LogP contribution in [0.5, 0.6) is 0 Å². The van der Waals surface area contributed by atoms with Crippen LogP contribution < -0.4 is 0 Å². The minimum Gasteiger partial charge on any atom is -0.245 e. The van der Waals surface area contributed by atoms with Gasteiger partial charge in [-0.2, -0.15) is 0 Å². The SMILES string of the molecule is C[Si](C)(C)C#Cc1ccc(-c2ccc3ccc4ccc(-c5ccc(C#C[Si](C)(C)C)cc5)nc4c3n2)cc1. The van der Waals surface area contributed by atoms with E-state index >= 15 is 0 Å². The fourth-order valence-corrected chi connectivity index (χ4v) is 5.10. The predicted octanol–water partition coefficient (Wildman–Crippen LogP) is 8.57. The number of pyridine rings is 2. The zero-order chi connectivity index (χ0) is 26.9. The van der Waals surface area contributed by atoms with Crippen LogP contribution in [0.1, 0.15) is 11.1 Å². The van der Waals surface area contributed by atoms with Crippen molar-refractivity contribution >= 4 is 38.0 Å². The van der Waals surface area contributed by atoms with Crippen molar-refractivity contribution in [3.8, 4) is 45.4 Å². The minimum absolute atomic E-state index is 0.919. The highest BCUT2D eigenvalue weighted by Crippen LogP contribution is 2.29. The Morgan fingerprint density at radius 1 is 0.447 bits per heavy atom. The van der Waals surface area contributed by atoms with Gasteiger partial charge in [-0.3, -0.25) is 0 Å². The molecule has 0 atom stereocenters. The second-order valence-electron chi connectivity index (χ2n) is 11.8. The van der Waals surface area contributed by atoms with Crippen molar-refractivity contribution in [1.29, 1.82) is 0 Å². The second-order valence-corrected chi connectivity index (χ2v) is 21.3. The highest BCUT2D eigenvalue weighted by molar-refractivity contribution is 6.84. The molecule has 0 aliphatic rings. The van der Waals surface area contributed by atoms with E-state index < -0.39 is 16.1 Å². The minimum atomic E-state index is -1.40. The maximum Gasteiger partial charge on any atom is 0.129 e. The Hall–Kier alpha value is -3.97. The van der Waals surface area contributed by atoms with Gasteiger partial charge in [0.2, 0.25) is 0 Å². The second kappa shape index (κ2) is 10.1. The molecule has 0 fully saturated rings. The van der Waals surface area contributed by atoms with Crippen LogP contribution in [-0.2, 0) is 0 Å². The smallest absolute Gasteiger partial charge is 0.129 e. The Balaban J connectivity index is 1.51. The largest absolute Gasteiger partial charge is 0.245 e. The van der Waals surface area contributed by atoms with Gasteiger partial charge in [-0.15, -0.1) is 11.1 Å². The van der Waals surface area contributed by atoms with Crippen LogP contribution in [0.2, 0.25) is 39.3 Å². The van der Waals surface area contributed by atoms with Crippen LogP contribution in [0.3, 0.4) is 0 Å². The van der Waals surface area contributed by atoms with Gasteiger partial charge in [0.1, 0.15) is 16.1 Å². The molecule has 0 radical (unpaired) electrons. The van der Waals surface area contributed by atoms with E-state index in [2.05, 4.69) is 147 Å². The highest BCUT2D eigenvalue weighted by atomic mass is 28.3. The van der Waals surface area contributed by atoms with Crippen molar-refractivity contribution in [2.45, 2.75) is 39.3 Å². The summed E-state index contributed by atoms with van der Waals surface area (Å²) in [6, 6.07) is 29.5. The first-order valence-electron chi connectivity index (χ1n) is 13.0. The van der Waals surface area contributed by atoms with Gasteiger partial charge in [0, 0.05) is 33.0 Å². The summed E-state index contributed by atoms with van der Waals surface area (Å²) >= 11 is 0. The number of hydrogen-bond donors (Lipinski definition) is 0. The highest BCUT2D eigenvalue weighted by Gasteiger charge is 2.10. The number of nitrogens with zero attached hydrogens (tertiary/aromatic N) is 2. The zero-order valence-corrected chi connectivity index (χ0v) is 25.0. The Bertz CT molecular complexity index is 1630. The van der Waals surface area contributed by atoms with Gasteiger partial charge in [-0.1, -0.05) is 99.7 Å². The lowest BCUT2D eigenvalue weighted by molar-refractivity contribution is 1.36. The van der Waals surface area contributed by atoms with Gasteiger partial charge in [0.05, 0.1) is 22.4 Å². The Morgan fingerprint density at radius 3 is 1.13 bits per heavy atom. The summed E-state index contributed by atoms with van der Waals surface area (Å²) in [6.07, 6.45) is 0. The van der Waals surface area contributed by atoms with E-state index in [1.807, 2.05) is 0 Å². The average molecular weight is 525 g/mol. The predicted molar refractivity (Wildman–Crippen MR) is 168 cm³/mol. The Kier molecular flexibility index (Phi) is 6.80. The fourth-order valence-electron chi connectivity index (χ4n) is 4.06. The summed E-state index contributed by atoms with van der Waals surface area (Å²) in [5, 5.41) is 2.17. The zero-order valence-electron chi connectivity index (χ0n) is 23.0. The molecule has 0 saturated heterocycles. The maximum atomic E-state index is 5.08. The molecule has 4 heteroatoms. The van der Waals surface area contributed by atoms with E-state index in [-0.39, 0.29) is 0 Å². The first-order valence-corrected chi connectivity index (χ1v) is 20.0. The number of rotatable bonds is 2. The average Bonchev–Trinajstić information content (AvgIpc) is 2.90. The number of fused-ring (bicyclic) bond motifs is 3. The normalized spacial score (nSPS) is 11.5. The summed E-state index contributed by atoms with van der Waals surface area (Å²) in [4.78, 5) is 10.2.